The number of ketones is 1. The van der Waals surface area contributed by atoms with Gasteiger partial charge in [-0.3, -0.25) is 18.6 Å². The summed E-state index contributed by atoms with van der Waals surface area (Å²) < 4.78 is 65.8. The molecule has 0 aliphatic heterocycles. The number of halogens is 1. The third kappa shape index (κ3) is 6.87. The first-order chi connectivity index (χ1) is 16.3. The summed E-state index contributed by atoms with van der Waals surface area (Å²) in [6.07, 6.45) is 0.939. The first-order valence-electron chi connectivity index (χ1n) is 10.1. The van der Waals surface area contributed by atoms with Crippen LogP contribution in [0.2, 0.25) is 0 Å². The number of nitrogens with zero attached hydrogens (tertiary/aromatic N) is 1. The molecule has 0 fully saturated rings. The van der Waals surface area contributed by atoms with Crippen LogP contribution in [0, 0.1) is 5.82 Å². The molecule has 0 aliphatic carbocycles. The number of benzene rings is 3. The van der Waals surface area contributed by atoms with E-state index in [1.54, 1.807) is 0 Å². The topological polar surface area (TPSA) is 130 Å². The highest BCUT2D eigenvalue weighted by atomic mass is 32.2. The lowest BCUT2D eigenvalue weighted by Gasteiger charge is -2.22. The second-order valence-corrected chi connectivity index (χ2v) is 11.2. The Balaban J connectivity index is 1.72. The number of hydrogen-bond donors (Lipinski definition) is 2. The van der Waals surface area contributed by atoms with Gasteiger partial charge in [0.05, 0.1) is 16.8 Å². The van der Waals surface area contributed by atoms with Gasteiger partial charge in [0, 0.05) is 16.9 Å². The minimum absolute atomic E-state index is 0.0985. The third-order valence-corrected chi connectivity index (χ3v) is 7.31. The lowest BCUT2D eigenvalue weighted by molar-refractivity contribution is -0.114. The molecule has 0 spiro atoms. The Labute approximate surface area is 202 Å². The van der Waals surface area contributed by atoms with Crippen LogP contribution < -0.4 is 14.3 Å². The number of Topliss-reactive ketones (excluding diaryl/α,β-unsaturated/α-hetero) is 1. The van der Waals surface area contributed by atoms with E-state index in [1.807, 2.05) is 0 Å². The fourth-order valence-corrected chi connectivity index (χ4v) is 4.97. The molecular formula is C23H22FN3O6S2. The van der Waals surface area contributed by atoms with Gasteiger partial charge in [-0.25, -0.2) is 21.2 Å². The third-order valence-electron chi connectivity index (χ3n) is 4.77. The van der Waals surface area contributed by atoms with Gasteiger partial charge < -0.3 is 5.32 Å². The van der Waals surface area contributed by atoms with Crippen molar-refractivity contribution in [2.45, 2.75) is 11.8 Å². The quantitative estimate of drug-likeness (QED) is 0.418. The Hall–Kier alpha value is -3.77. The highest BCUT2D eigenvalue weighted by molar-refractivity contribution is 7.92. The molecule has 12 heteroatoms. The molecule has 184 valence electrons. The van der Waals surface area contributed by atoms with E-state index in [-0.39, 0.29) is 27.7 Å². The van der Waals surface area contributed by atoms with E-state index >= 15 is 0 Å². The van der Waals surface area contributed by atoms with E-state index in [0.717, 1.165) is 22.7 Å². The highest BCUT2D eigenvalue weighted by Crippen LogP contribution is 2.21. The largest absolute Gasteiger partial charge is 0.325 e. The maximum absolute atomic E-state index is 13.0. The molecule has 0 aromatic heterocycles. The van der Waals surface area contributed by atoms with Crippen molar-refractivity contribution in [3.05, 3.63) is 84.2 Å². The van der Waals surface area contributed by atoms with Crippen LogP contribution in [0.1, 0.15) is 17.3 Å². The molecule has 3 aromatic rings. The Morgan fingerprint density at radius 1 is 0.886 bits per heavy atom. The molecule has 0 bridgehead atoms. The zero-order valence-electron chi connectivity index (χ0n) is 18.7. The molecule has 0 aliphatic rings. The standard InChI is InChI=1S/C23H22FN3O6S2/c1-16(28)17-4-3-5-21(14-17)27(34(2,30)31)15-23(29)25-19-10-12-22(13-11-19)35(32,33)26-20-8-6-18(24)7-9-20/h3-14,26H,15H2,1-2H3,(H,25,29). The van der Waals surface area contributed by atoms with Crippen LogP contribution in [0.25, 0.3) is 0 Å². The van der Waals surface area contributed by atoms with Crippen molar-refractivity contribution in [1.82, 2.24) is 0 Å². The van der Waals surface area contributed by atoms with E-state index in [4.69, 9.17) is 0 Å². The van der Waals surface area contributed by atoms with Crippen molar-refractivity contribution in [3.8, 4) is 0 Å². The van der Waals surface area contributed by atoms with Crippen molar-refractivity contribution in [2.24, 2.45) is 0 Å². The summed E-state index contributed by atoms with van der Waals surface area (Å²) in [6.45, 7) is 0.780. The van der Waals surface area contributed by atoms with Crippen LogP contribution in [-0.2, 0) is 24.8 Å². The maximum Gasteiger partial charge on any atom is 0.261 e. The number of rotatable bonds is 9. The molecular weight excluding hydrogens is 497 g/mol. The van der Waals surface area contributed by atoms with E-state index < -0.39 is 38.3 Å². The number of hydrogen-bond acceptors (Lipinski definition) is 6. The van der Waals surface area contributed by atoms with Crippen LogP contribution >= 0.6 is 0 Å². The van der Waals surface area contributed by atoms with Gasteiger partial charge in [0.15, 0.2) is 5.78 Å². The zero-order chi connectivity index (χ0) is 25.8. The number of carbonyl (C=O) groups excluding carboxylic acids is 2. The van der Waals surface area contributed by atoms with Crippen molar-refractivity contribution in [2.75, 3.05) is 27.1 Å². The summed E-state index contributed by atoms with van der Waals surface area (Å²) in [7, 11) is -7.81. The molecule has 2 N–H and O–H groups in total. The fraction of sp³-hybridized carbons (Fsp3) is 0.130. The molecule has 0 radical (unpaired) electrons. The molecule has 3 aromatic carbocycles. The van der Waals surface area contributed by atoms with Crippen molar-refractivity contribution >= 4 is 48.8 Å². The summed E-state index contributed by atoms with van der Waals surface area (Å²) in [5, 5.41) is 2.52. The molecule has 35 heavy (non-hydrogen) atoms. The number of sulfonamides is 2. The predicted molar refractivity (Wildman–Crippen MR) is 131 cm³/mol. The minimum Gasteiger partial charge on any atom is -0.325 e. The van der Waals surface area contributed by atoms with Gasteiger partial charge in [-0.1, -0.05) is 12.1 Å². The molecule has 9 nitrogen and oxygen atoms in total. The van der Waals surface area contributed by atoms with Gasteiger partial charge in [0.25, 0.3) is 10.0 Å². The first-order valence-corrected chi connectivity index (χ1v) is 13.5. The van der Waals surface area contributed by atoms with Gasteiger partial charge in [-0.2, -0.15) is 0 Å². The monoisotopic (exact) mass is 519 g/mol. The summed E-state index contributed by atoms with van der Waals surface area (Å²) in [5.41, 5.74) is 0.867. The maximum atomic E-state index is 13.0. The van der Waals surface area contributed by atoms with Crippen LogP contribution in [0.3, 0.4) is 0 Å². The Morgan fingerprint density at radius 3 is 2.06 bits per heavy atom. The predicted octanol–water partition coefficient (Wildman–Crippen LogP) is 3.23. The molecule has 0 heterocycles. The van der Waals surface area contributed by atoms with E-state index in [1.165, 1.54) is 67.6 Å². The summed E-state index contributed by atoms with van der Waals surface area (Å²) in [4.78, 5) is 24.1. The van der Waals surface area contributed by atoms with Crippen molar-refractivity contribution < 1.29 is 30.8 Å². The van der Waals surface area contributed by atoms with Crippen molar-refractivity contribution in [3.63, 3.8) is 0 Å². The first kappa shape index (κ1) is 25.8. The summed E-state index contributed by atoms with van der Waals surface area (Å²) in [6, 6.07) is 15.9. The Bertz CT molecular complexity index is 1460. The molecule has 0 saturated carbocycles. The number of amides is 1. The van der Waals surface area contributed by atoms with E-state index in [2.05, 4.69) is 10.0 Å². The fourth-order valence-electron chi connectivity index (χ4n) is 3.06. The van der Waals surface area contributed by atoms with Gasteiger partial charge >= 0.3 is 0 Å². The Kier molecular flexibility index (Phi) is 7.56. The number of anilines is 3. The second kappa shape index (κ2) is 10.2. The Morgan fingerprint density at radius 2 is 1.49 bits per heavy atom. The van der Waals surface area contributed by atoms with Gasteiger partial charge in [-0.15, -0.1) is 0 Å². The number of nitrogens with one attached hydrogen (secondary N) is 2. The average molecular weight is 520 g/mol. The SMILES string of the molecule is CC(=O)c1cccc(N(CC(=O)Nc2ccc(S(=O)(=O)Nc3ccc(F)cc3)cc2)S(C)(=O)=O)c1. The van der Waals surface area contributed by atoms with Gasteiger partial charge in [-0.05, 0) is 67.6 Å². The molecule has 0 saturated heterocycles. The lowest BCUT2D eigenvalue weighted by atomic mass is 10.1. The molecule has 3 rings (SSSR count). The highest BCUT2D eigenvalue weighted by Gasteiger charge is 2.22. The lowest BCUT2D eigenvalue weighted by Crippen LogP contribution is -2.37. The second-order valence-electron chi connectivity index (χ2n) is 7.56. The molecule has 0 unspecified atom stereocenters. The zero-order valence-corrected chi connectivity index (χ0v) is 20.4. The van der Waals surface area contributed by atoms with Gasteiger partial charge in [0.2, 0.25) is 15.9 Å². The van der Waals surface area contributed by atoms with Crippen LogP contribution in [0.5, 0.6) is 0 Å². The molecule has 1 amide bonds. The minimum atomic E-state index is -3.96. The van der Waals surface area contributed by atoms with Crippen LogP contribution in [0.4, 0.5) is 21.5 Å². The summed E-state index contributed by atoms with van der Waals surface area (Å²) in [5.74, 6) is -1.44. The van der Waals surface area contributed by atoms with E-state index in [0.29, 0.717) is 5.56 Å². The number of carbonyl (C=O) groups is 2. The van der Waals surface area contributed by atoms with E-state index in [9.17, 15) is 30.8 Å². The molecule has 0 atom stereocenters. The smallest absolute Gasteiger partial charge is 0.261 e. The summed E-state index contributed by atoms with van der Waals surface area (Å²) >= 11 is 0. The van der Waals surface area contributed by atoms with Gasteiger partial charge in [0.1, 0.15) is 12.4 Å². The van der Waals surface area contributed by atoms with Crippen molar-refractivity contribution in [1.29, 1.82) is 0 Å². The van der Waals surface area contributed by atoms with Crippen LogP contribution in [-0.4, -0.2) is 41.3 Å². The normalized spacial score (nSPS) is 11.5. The van der Waals surface area contributed by atoms with Crippen LogP contribution in [0.15, 0.2) is 77.7 Å². The average Bonchev–Trinajstić information content (AvgIpc) is 2.78.